The van der Waals surface area contributed by atoms with E-state index in [1.165, 1.54) is 4.90 Å². The van der Waals surface area contributed by atoms with Crippen molar-refractivity contribution >= 4 is 35.4 Å². The number of halogens is 5. The van der Waals surface area contributed by atoms with E-state index in [4.69, 9.17) is 4.43 Å². The molecule has 2 aliphatic heterocycles. The largest absolute Gasteiger partial charge is 0.401 e. The number of nitrogens with one attached hydrogen (secondary N) is 1. The SMILES string of the molecule is C[C@@H]1Cc2c([nH]c3ccccc23)[C@@H](c2c(F)cc(C(=O)C3CN(CCCF)C3)cc2F)N1CC(F)(F)CO[Si](c1ccccc1)(c1ccccc1)C(C)(C)C. The van der Waals surface area contributed by atoms with Crippen molar-refractivity contribution in [3.63, 3.8) is 0 Å². The molecule has 4 aromatic carbocycles. The third-order valence-corrected chi connectivity index (χ3v) is 16.4. The number of aromatic nitrogens is 1. The highest BCUT2D eigenvalue weighted by molar-refractivity contribution is 6.99. The molecular formula is C44H48F5N3O2Si. The minimum absolute atomic E-state index is 0.106. The van der Waals surface area contributed by atoms with Crippen LogP contribution in [0.2, 0.25) is 5.04 Å². The van der Waals surface area contributed by atoms with Gasteiger partial charge in [-0.1, -0.05) is 99.6 Å². The molecule has 0 unspecified atom stereocenters. The zero-order valence-electron chi connectivity index (χ0n) is 31.7. The highest BCUT2D eigenvalue weighted by atomic mass is 28.4. The van der Waals surface area contributed by atoms with E-state index in [9.17, 15) is 9.18 Å². The Morgan fingerprint density at radius 1 is 0.891 bits per heavy atom. The molecule has 5 aromatic rings. The predicted molar refractivity (Wildman–Crippen MR) is 210 cm³/mol. The molecule has 290 valence electrons. The number of para-hydroxylation sites is 1. The van der Waals surface area contributed by atoms with Gasteiger partial charge in [-0.2, -0.15) is 0 Å². The van der Waals surface area contributed by atoms with E-state index < -0.39 is 80.1 Å². The maximum Gasteiger partial charge on any atom is 0.282 e. The first-order chi connectivity index (χ1) is 26.2. The number of nitrogens with zero attached hydrogens (tertiary/aromatic N) is 2. The quantitative estimate of drug-likeness (QED) is 0.0742. The minimum Gasteiger partial charge on any atom is -0.401 e. The van der Waals surface area contributed by atoms with Gasteiger partial charge in [-0.25, -0.2) is 17.6 Å². The molecule has 0 amide bonds. The minimum atomic E-state index is -3.44. The molecule has 2 atom stereocenters. The summed E-state index contributed by atoms with van der Waals surface area (Å²) in [5, 5.41) is 2.06. The van der Waals surface area contributed by atoms with E-state index >= 15 is 17.6 Å². The molecular weight excluding hydrogens is 726 g/mol. The first-order valence-corrected chi connectivity index (χ1v) is 20.9. The molecule has 0 aliphatic carbocycles. The van der Waals surface area contributed by atoms with E-state index in [0.29, 0.717) is 38.2 Å². The number of alkyl halides is 3. The number of carbonyl (C=O) groups excluding carboxylic acids is 1. The van der Waals surface area contributed by atoms with Crippen molar-refractivity contribution in [1.82, 2.24) is 14.8 Å². The summed E-state index contributed by atoms with van der Waals surface area (Å²) < 4.78 is 85.9. The average Bonchev–Trinajstić information content (AvgIpc) is 3.50. The number of hydrogen-bond donors (Lipinski definition) is 1. The zero-order valence-corrected chi connectivity index (χ0v) is 32.7. The molecule has 55 heavy (non-hydrogen) atoms. The number of fused-ring (bicyclic) bond motifs is 3. The average molecular weight is 774 g/mol. The summed E-state index contributed by atoms with van der Waals surface area (Å²) in [6.07, 6.45) is 0.734. The van der Waals surface area contributed by atoms with Gasteiger partial charge in [0.05, 0.1) is 25.9 Å². The van der Waals surface area contributed by atoms with Crippen molar-refractivity contribution in [2.75, 3.05) is 39.5 Å². The van der Waals surface area contributed by atoms with Crippen LogP contribution in [-0.4, -0.2) is 80.3 Å². The van der Waals surface area contributed by atoms with Crippen LogP contribution in [0, 0.1) is 17.6 Å². The molecule has 5 nitrogen and oxygen atoms in total. The molecule has 2 aliphatic rings. The molecule has 1 fully saturated rings. The van der Waals surface area contributed by atoms with Gasteiger partial charge in [-0.05, 0) is 58.9 Å². The lowest BCUT2D eigenvalue weighted by atomic mass is 9.86. The molecule has 1 N–H and O–H groups in total. The molecule has 0 spiro atoms. The van der Waals surface area contributed by atoms with Crippen LogP contribution >= 0.6 is 0 Å². The number of H-pyrrole nitrogens is 1. The summed E-state index contributed by atoms with van der Waals surface area (Å²) in [6.45, 7) is 6.96. The van der Waals surface area contributed by atoms with Gasteiger partial charge in [0.15, 0.2) is 5.78 Å². The Kier molecular flexibility index (Phi) is 10.9. The second-order valence-corrected chi connectivity index (χ2v) is 20.5. The molecule has 1 aromatic heterocycles. The number of aromatic amines is 1. The number of hydrogen-bond acceptors (Lipinski definition) is 4. The van der Waals surface area contributed by atoms with E-state index in [-0.39, 0.29) is 5.56 Å². The van der Waals surface area contributed by atoms with Crippen molar-refractivity contribution in [2.24, 2.45) is 5.92 Å². The fourth-order valence-corrected chi connectivity index (χ4v) is 13.4. The monoisotopic (exact) mass is 773 g/mol. The predicted octanol–water partition coefficient (Wildman–Crippen LogP) is 8.47. The fraction of sp³-hybridized carbons (Fsp3) is 0.386. The van der Waals surface area contributed by atoms with Gasteiger partial charge < -0.3 is 14.3 Å². The molecule has 7 rings (SSSR count). The van der Waals surface area contributed by atoms with Gasteiger partial charge in [0.2, 0.25) is 0 Å². The van der Waals surface area contributed by atoms with Gasteiger partial charge in [-0.3, -0.25) is 14.1 Å². The number of carbonyl (C=O) groups is 1. The van der Waals surface area contributed by atoms with Crippen molar-refractivity contribution in [3.8, 4) is 0 Å². The maximum absolute atomic E-state index is 16.8. The van der Waals surface area contributed by atoms with Crippen LogP contribution < -0.4 is 10.4 Å². The highest BCUT2D eigenvalue weighted by Crippen LogP contribution is 2.44. The van der Waals surface area contributed by atoms with Crippen LogP contribution in [0.25, 0.3) is 10.9 Å². The number of rotatable bonds is 13. The lowest BCUT2D eigenvalue weighted by molar-refractivity contribution is -0.0825. The van der Waals surface area contributed by atoms with Crippen molar-refractivity contribution in [1.29, 1.82) is 0 Å². The number of ketones is 1. The molecule has 0 saturated carbocycles. The molecule has 0 bridgehead atoms. The Hall–Kier alpha value is -4.16. The van der Waals surface area contributed by atoms with E-state index in [1.54, 1.807) is 6.92 Å². The van der Waals surface area contributed by atoms with Crippen LogP contribution in [0.15, 0.2) is 97.1 Å². The summed E-state index contributed by atoms with van der Waals surface area (Å²) in [6, 6.07) is 26.9. The van der Waals surface area contributed by atoms with Crippen LogP contribution in [0.3, 0.4) is 0 Å². The van der Waals surface area contributed by atoms with Gasteiger partial charge >= 0.3 is 0 Å². The lowest BCUT2D eigenvalue weighted by Crippen LogP contribution is -2.67. The second-order valence-electron chi connectivity index (χ2n) is 16.2. The van der Waals surface area contributed by atoms with Crippen LogP contribution in [0.5, 0.6) is 0 Å². The Labute approximate surface area is 320 Å². The Morgan fingerprint density at radius 3 is 2.05 bits per heavy atom. The lowest BCUT2D eigenvalue weighted by Gasteiger charge is -2.45. The third kappa shape index (κ3) is 7.44. The molecule has 3 heterocycles. The van der Waals surface area contributed by atoms with Crippen molar-refractivity contribution in [2.45, 2.75) is 63.6 Å². The van der Waals surface area contributed by atoms with E-state index in [1.807, 2.05) is 111 Å². The maximum atomic E-state index is 16.8. The van der Waals surface area contributed by atoms with Gasteiger partial charge in [0.1, 0.15) is 11.6 Å². The normalized spacial score (nSPS) is 18.7. The second kappa shape index (κ2) is 15.4. The van der Waals surface area contributed by atoms with Gasteiger partial charge in [-0.15, -0.1) is 0 Å². The van der Waals surface area contributed by atoms with Crippen LogP contribution in [-0.2, 0) is 10.8 Å². The third-order valence-electron chi connectivity index (χ3n) is 11.4. The summed E-state index contributed by atoms with van der Waals surface area (Å²) >= 11 is 0. The Bertz CT molecular complexity index is 2070. The Balaban J connectivity index is 1.24. The number of likely N-dealkylation sites (tertiary alicyclic amines) is 1. The van der Waals surface area contributed by atoms with E-state index in [2.05, 4.69) is 4.98 Å². The summed E-state index contributed by atoms with van der Waals surface area (Å²) in [4.78, 5) is 20.1. The zero-order chi connectivity index (χ0) is 39.1. The molecule has 11 heteroatoms. The molecule has 1 saturated heterocycles. The smallest absolute Gasteiger partial charge is 0.282 e. The standard InChI is InChI=1S/C44H48F5N3O2Si/c1-29-22-35-34-18-11-12-19-38(34)50-40(35)41(39-36(46)23-30(24-37(39)47)42(53)31-25-51(26-31)21-13-20-45)52(29)27-44(48,49)28-54-55(43(2,3)4,32-14-7-5-8-15-32)33-16-9-6-10-17-33/h5-12,14-19,23-24,29,31,41,50H,13,20-22,25-28H2,1-4H3/t29-,41-/m1/s1. The summed E-state index contributed by atoms with van der Waals surface area (Å²) in [5.74, 6) is -6.24. The summed E-state index contributed by atoms with van der Waals surface area (Å²) in [7, 11) is -3.33. The van der Waals surface area contributed by atoms with Crippen molar-refractivity contribution < 1.29 is 31.2 Å². The first-order valence-electron chi connectivity index (χ1n) is 19.0. The fourth-order valence-electron chi connectivity index (χ4n) is 8.78. The van der Waals surface area contributed by atoms with Gasteiger partial charge in [0.25, 0.3) is 14.2 Å². The topological polar surface area (TPSA) is 48.6 Å². The van der Waals surface area contributed by atoms with Crippen LogP contribution in [0.4, 0.5) is 22.0 Å². The highest BCUT2D eigenvalue weighted by Gasteiger charge is 2.53. The number of Topliss-reactive ketones (excluding diaryl/α,β-unsaturated/α-hetero) is 1. The molecule has 0 radical (unpaired) electrons. The Morgan fingerprint density at radius 2 is 1.47 bits per heavy atom. The van der Waals surface area contributed by atoms with Gasteiger partial charge in [0, 0.05) is 59.3 Å². The van der Waals surface area contributed by atoms with Crippen molar-refractivity contribution in [3.05, 3.63) is 131 Å². The number of benzene rings is 4. The first kappa shape index (κ1) is 39.1. The summed E-state index contributed by atoms with van der Waals surface area (Å²) in [5.41, 5.74) is 1.51. The van der Waals surface area contributed by atoms with Crippen LogP contribution in [0.1, 0.15) is 67.3 Å². The van der Waals surface area contributed by atoms with E-state index in [0.717, 1.165) is 39.0 Å².